The summed E-state index contributed by atoms with van der Waals surface area (Å²) in [5, 5.41) is 3.66. The van der Waals surface area contributed by atoms with E-state index >= 15 is 0 Å². The fourth-order valence-electron chi connectivity index (χ4n) is 6.06. The number of pyridine rings is 1. The summed E-state index contributed by atoms with van der Waals surface area (Å²) in [4.78, 5) is 10.8. The first-order chi connectivity index (χ1) is 22.7. The Hall–Kier alpha value is -5.52. The number of hydrogen-bond acceptors (Lipinski definition) is 7. The van der Waals surface area contributed by atoms with Gasteiger partial charge >= 0.3 is 0 Å². The minimum atomic E-state index is 0. The van der Waals surface area contributed by atoms with Crippen LogP contribution < -0.4 is 14.5 Å². The van der Waals surface area contributed by atoms with Crippen LogP contribution in [-0.4, -0.2) is 16.9 Å². The van der Waals surface area contributed by atoms with Crippen LogP contribution in [0.3, 0.4) is 0 Å². The molecule has 47 heavy (non-hydrogen) atoms. The van der Waals surface area contributed by atoms with E-state index in [1.165, 1.54) is 0 Å². The molecule has 1 aliphatic rings. The Kier molecular flexibility index (Phi) is 7.19. The van der Waals surface area contributed by atoms with E-state index in [1.807, 2.05) is 127 Å². The molecule has 0 atom stereocenters. The number of ether oxygens (including phenoxy) is 1. The second-order valence-electron chi connectivity index (χ2n) is 11.1. The van der Waals surface area contributed by atoms with E-state index < -0.39 is 0 Å². The second kappa shape index (κ2) is 11.7. The minimum absolute atomic E-state index is 0. The first kappa shape index (κ1) is 28.9. The van der Waals surface area contributed by atoms with Crippen molar-refractivity contribution in [1.29, 1.82) is 0 Å². The van der Waals surface area contributed by atoms with E-state index in [0.717, 1.165) is 55.6 Å². The van der Waals surface area contributed by atoms with Gasteiger partial charge in [0.05, 0.1) is 0 Å². The van der Waals surface area contributed by atoms with Gasteiger partial charge in [0.25, 0.3) is 0 Å². The van der Waals surface area contributed by atoms with Gasteiger partial charge in [-0.05, 0) is 72.0 Å². The summed E-state index contributed by atoms with van der Waals surface area (Å²) in [7, 11) is 1.98. The number of aromatic nitrogens is 1. The van der Waals surface area contributed by atoms with Crippen molar-refractivity contribution in [2.75, 3.05) is 16.8 Å². The Balaban J connectivity index is 0.00000324. The van der Waals surface area contributed by atoms with Gasteiger partial charge in [0, 0.05) is 55.6 Å². The van der Waals surface area contributed by atoms with Crippen molar-refractivity contribution >= 4 is 66.8 Å². The quantitative estimate of drug-likeness (QED) is 0.156. The molecule has 0 amide bonds. The van der Waals surface area contributed by atoms with Crippen LogP contribution in [0.2, 0.25) is 0 Å². The monoisotopic (exact) mass is 792 g/mol. The van der Waals surface area contributed by atoms with Gasteiger partial charge in [-0.3, -0.25) is 0 Å². The molecule has 0 unspecified atom stereocenters. The molecule has 232 valence electrons. The predicted octanol–water partition coefficient (Wildman–Crippen LogP) is 10.1. The number of fused-ring (bicyclic) bond motifs is 6. The van der Waals surface area contributed by atoms with E-state index in [1.54, 1.807) is 6.20 Å². The molecule has 0 bridgehead atoms. The van der Waals surface area contributed by atoms with Crippen LogP contribution in [0.4, 0.5) is 22.9 Å². The van der Waals surface area contributed by atoms with Gasteiger partial charge in [0.1, 0.15) is 17.0 Å². The van der Waals surface area contributed by atoms with E-state index in [-0.39, 0.29) is 21.1 Å². The zero-order valence-electron chi connectivity index (χ0n) is 25.0. The Morgan fingerprint density at radius 2 is 1.40 bits per heavy atom. The number of anilines is 4. The largest absolute Gasteiger partial charge is 0.510 e. The Bertz CT molecular complexity index is 2380. The molecule has 0 radical (unpaired) electrons. The molecule has 7 nitrogen and oxygen atoms in total. The predicted molar refractivity (Wildman–Crippen MR) is 181 cm³/mol. The number of rotatable bonds is 6. The summed E-state index contributed by atoms with van der Waals surface area (Å²) in [5.74, 6) is 1.73. The molecule has 0 saturated heterocycles. The second-order valence-corrected chi connectivity index (χ2v) is 11.1. The van der Waals surface area contributed by atoms with Gasteiger partial charge in [-0.1, -0.05) is 83.5 Å². The SMILES string of the molecule is CN1C=CN(c2[c-]c(Oc3[c-]c(N(c4ccccc4)c4ccccn4)c4c(c3)oc3ccccc34)c3c(c2)oc2ccccc23)[CH-]1.[Pt]. The van der Waals surface area contributed by atoms with Gasteiger partial charge in [-0.25, -0.2) is 4.98 Å². The first-order valence-corrected chi connectivity index (χ1v) is 14.9. The smallest absolute Gasteiger partial charge is 0.135 e. The van der Waals surface area contributed by atoms with Crippen LogP contribution in [0.1, 0.15) is 0 Å². The van der Waals surface area contributed by atoms with E-state index in [9.17, 15) is 0 Å². The molecule has 9 rings (SSSR count). The van der Waals surface area contributed by atoms with Crippen molar-refractivity contribution < 1.29 is 34.6 Å². The molecule has 0 N–H and O–H groups in total. The first-order valence-electron chi connectivity index (χ1n) is 14.9. The number of nitrogens with zero attached hydrogens (tertiary/aromatic N) is 4. The third-order valence-electron chi connectivity index (χ3n) is 8.10. The number of benzene rings is 5. The summed E-state index contributed by atoms with van der Waals surface area (Å²) < 4.78 is 19.6. The molecule has 0 fully saturated rings. The summed E-state index contributed by atoms with van der Waals surface area (Å²) in [6.45, 7) is 1.97. The standard InChI is InChI=1S/C39H25N4O3.Pt/c1-41-19-20-42(25-41)27-21-34(39-30-14-6-8-16-33(30)45-35(39)22-27)44-28-23-31(38-29-13-5-7-15-32(29)46-36(38)24-28)43(26-11-3-2-4-12-26)37-17-9-10-18-40-37;/h2-20,22,24-25H,1H3;/q-3;. The molecular weight excluding hydrogens is 768 g/mol. The van der Waals surface area contributed by atoms with Crippen LogP contribution in [0.15, 0.2) is 137 Å². The van der Waals surface area contributed by atoms with Gasteiger partial charge in [0.2, 0.25) is 0 Å². The summed E-state index contributed by atoms with van der Waals surface area (Å²) in [5.41, 5.74) is 5.38. The normalized spacial score (nSPS) is 12.8. The maximum Gasteiger partial charge on any atom is 0.135 e. The van der Waals surface area contributed by atoms with Gasteiger partial charge in [0.15, 0.2) is 0 Å². The van der Waals surface area contributed by atoms with Crippen molar-refractivity contribution in [2.24, 2.45) is 0 Å². The average Bonchev–Trinajstić information content (AvgIpc) is 3.80. The fraction of sp³-hybridized carbons (Fsp3) is 0.0256. The number of para-hydroxylation sites is 3. The molecule has 1 aliphatic heterocycles. The van der Waals surface area contributed by atoms with Crippen molar-refractivity contribution in [2.45, 2.75) is 0 Å². The fourth-order valence-corrected chi connectivity index (χ4v) is 6.06. The molecule has 5 aromatic carbocycles. The summed E-state index contributed by atoms with van der Waals surface area (Å²) in [6.07, 6.45) is 5.74. The van der Waals surface area contributed by atoms with Crippen molar-refractivity contribution in [3.05, 3.63) is 147 Å². The Morgan fingerprint density at radius 1 is 0.723 bits per heavy atom. The van der Waals surface area contributed by atoms with Crippen molar-refractivity contribution in [3.8, 4) is 11.5 Å². The Labute approximate surface area is 285 Å². The summed E-state index contributed by atoms with van der Waals surface area (Å²) >= 11 is 0. The molecule has 4 heterocycles. The number of hydrogen-bond donors (Lipinski definition) is 0. The maximum atomic E-state index is 6.80. The van der Waals surface area contributed by atoms with E-state index in [0.29, 0.717) is 22.7 Å². The van der Waals surface area contributed by atoms with Gasteiger partial charge < -0.3 is 28.3 Å². The topological polar surface area (TPSA) is 58.1 Å². The zero-order valence-corrected chi connectivity index (χ0v) is 27.3. The molecule has 0 saturated carbocycles. The van der Waals surface area contributed by atoms with Crippen molar-refractivity contribution in [3.63, 3.8) is 0 Å². The van der Waals surface area contributed by atoms with Crippen molar-refractivity contribution in [1.82, 2.24) is 9.88 Å². The van der Waals surface area contributed by atoms with Crippen LogP contribution in [-0.2, 0) is 21.1 Å². The molecule has 8 heteroatoms. The molecule has 0 spiro atoms. The molecular formula is C39H25N4O3Pt-3. The Morgan fingerprint density at radius 3 is 2.11 bits per heavy atom. The third kappa shape index (κ3) is 5.00. The van der Waals surface area contributed by atoms with E-state index in [2.05, 4.69) is 35.2 Å². The molecule has 8 aromatic rings. The molecule has 0 aliphatic carbocycles. The van der Waals surface area contributed by atoms with Crippen LogP contribution in [0, 0.1) is 18.8 Å². The number of furan rings is 2. The van der Waals surface area contributed by atoms with Gasteiger partial charge in [-0.15, -0.1) is 18.2 Å². The van der Waals surface area contributed by atoms with Crippen LogP contribution in [0.25, 0.3) is 43.9 Å². The minimum Gasteiger partial charge on any atom is -0.510 e. The zero-order chi connectivity index (χ0) is 30.6. The van der Waals surface area contributed by atoms with Gasteiger partial charge in [-0.2, -0.15) is 6.67 Å². The van der Waals surface area contributed by atoms with Crippen LogP contribution in [0.5, 0.6) is 11.5 Å². The molecule has 3 aromatic heterocycles. The summed E-state index contributed by atoms with van der Waals surface area (Å²) in [6, 6.07) is 43.0. The maximum absolute atomic E-state index is 6.80. The average molecular weight is 793 g/mol. The van der Waals surface area contributed by atoms with E-state index in [4.69, 9.17) is 18.6 Å². The van der Waals surface area contributed by atoms with Crippen LogP contribution >= 0.6 is 0 Å². The third-order valence-corrected chi connectivity index (χ3v) is 8.10.